The number of rotatable bonds is 2. The number of aliphatic hydroxyl groups is 1. The molecule has 1 aliphatic rings. The van der Waals surface area contributed by atoms with E-state index in [-0.39, 0.29) is 0 Å². The normalized spacial score (nSPS) is 35.3. The molecule has 0 bridgehead atoms. The molecule has 0 amide bonds. The van der Waals surface area contributed by atoms with E-state index in [2.05, 4.69) is 12.2 Å². The minimum absolute atomic E-state index is 0.346. The van der Waals surface area contributed by atoms with Gasteiger partial charge in [-0.25, -0.2) is 0 Å². The Morgan fingerprint density at radius 3 is 2.89 bits per heavy atom. The van der Waals surface area contributed by atoms with Gasteiger partial charge in [0.05, 0.1) is 0 Å². The van der Waals surface area contributed by atoms with Gasteiger partial charge in [-0.05, 0) is 32.2 Å². The van der Waals surface area contributed by atoms with E-state index in [1.165, 1.54) is 6.42 Å². The molecule has 0 aromatic heterocycles. The summed E-state index contributed by atoms with van der Waals surface area (Å²) in [6.07, 6.45) is 2.21. The van der Waals surface area contributed by atoms with Gasteiger partial charge in [-0.3, -0.25) is 0 Å². The number of aliphatic hydroxyl groups excluding tert-OH is 1. The van der Waals surface area contributed by atoms with Crippen molar-refractivity contribution in [2.24, 2.45) is 5.92 Å². The highest BCUT2D eigenvalue weighted by molar-refractivity contribution is 4.77. The minimum Gasteiger partial charge on any atom is -0.396 e. The second kappa shape index (κ2) is 3.18. The molecule has 54 valence electrons. The molecule has 2 N–H and O–H groups in total. The zero-order valence-corrected chi connectivity index (χ0v) is 5.93. The molecule has 1 rings (SSSR count). The molecule has 9 heavy (non-hydrogen) atoms. The van der Waals surface area contributed by atoms with Crippen molar-refractivity contribution >= 4 is 0 Å². The van der Waals surface area contributed by atoms with Gasteiger partial charge in [-0.2, -0.15) is 0 Å². The van der Waals surface area contributed by atoms with Crippen LogP contribution >= 0.6 is 0 Å². The van der Waals surface area contributed by atoms with E-state index in [1.54, 1.807) is 0 Å². The highest BCUT2D eigenvalue weighted by atomic mass is 16.3. The van der Waals surface area contributed by atoms with Crippen molar-refractivity contribution in [3.63, 3.8) is 0 Å². The van der Waals surface area contributed by atoms with Gasteiger partial charge in [-0.1, -0.05) is 0 Å². The monoisotopic (exact) mass is 129 g/mol. The molecule has 1 aliphatic heterocycles. The summed E-state index contributed by atoms with van der Waals surface area (Å²) in [6.45, 7) is 3.64. The largest absolute Gasteiger partial charge is 0.396 e. The number of hydrogen-bond donors (Lipinski definition) is 2. The lowest BCUT2D eigenvalue weighted by Gasteiger charge is -2.03. The topological polar surface area (TPSA) is 32.3 Å². The van der Waals surface area contributed by atoms with Crippen molar-refractivity contribution in [1.29, 1.82) is 0 Å². The molecular weight excluding hydrogens is 114 g/mol. The van der Waals surface area contributed by atoms with Crippen LogP contribution in [-0.2, 0) is 0 Å². The molecule has 1 fully saturated rings. The first-order chi connectivity index (χ1) is 4.33. The van der Waals surface area contributed by atoms with Crippen LogP contribution < -0.4 is 5.32 Å². The Kier molecular flexibility index (Phi) is 2.49. The lowest BCUT2D eigenvalue weighted by atomic mass is 10.0. The zero-order valence-electron chi connectivity index (χ0n) is 5.93. The molecule has 0 spiro atoms. The molecule has 0 aliphatic carbocycles. The Labute approximate surface area is 56.3 Å². The zero-order chi connectivity index (χ0) is 6.69. The fourth-order valence-corrected chi connectivity index (χ4v) is 1.44. The van der Waals surface area contributed by atoms with E-state index in [9.17, 15) is 0 Å². The van der Waals surface area contributed by atoms with Crippen LogP contribution in [0, 0.1) is 5.92 Å². The van der Waals surface area contributed by atoms with Crippen LogP contribution in [0.25, 0.3) is 0 Å². The molecule has 2 heteroatoms. The Bertz CT molecular complexity index is 83.0. The lowest BCUT2D eigenvalue weighted by Crippen LogP contribution is -2.16. The van der Waals surface area contributed by atoms with Crippen molar-refractivity contribution in [3.05, 3.63) is 0 Å². The quantitative estimate of drug-likeness (QED) is 0.564. The SMILES string of the molecule is C[C@@H]1C[C@H](CCO)CN1. The average Bonchev–Trinajstić information content (AvgIpc) is 2.17. The van der Waals surface area contributed by atoms with Gasteiger partial charge in [-0.15, -0.1) is 0 Å². The third kappa shape index (κ3) is 1.95. The maximum atomic E-state index is 8.59. The first-order valence-electron chi connectivity index (χ1n) is 3.67. The fourth-order valence-electron chi connectivity index (χ4n) is 1.44. The van der Waals surface area contributed by atoms with Crippen molar-refractivity contribution in [1.82, 2.24) is 5.32 Å². The van der Waals surface area contributed by atoms with Crippen molar-refractivity contribution in [3.8, 4) is 0 Å². The summed E-state index contributed by atoms with van der Waals surface area (Å²) in [6, 6.07) is 0.668. The minimum atomic E-state index is 0.346. The predicted octanol–water partition coefficient (Wildman–Crippen LogP) is 0.367. The van der Waals surface area contributed by atoms with Gasteiger partial charge >= 0.3 is 0 Å². The second-order valence-electron chi connectivity index (χ2n) is 2.92. The Morgan fingerprint density at radius 2 is 2.44 bits per heavy atom. The Balaban J connectivity index is 2.14. The third-order valence-electron chi connectivity index (χ3n) is 1.98. The first kappa shape index (κ1) is 7.03. The van der Waals surface area contributed by atoms with Gasteiger partial charge in [0.2, 0.25) is 0 Å². The molecule has 0 unspecified atom stereocenters. The molecule has 2 nitrogen and oxygen atoms in total. The summed E-state index contributed by atoms with van der Waals surface area (Å²) in [5.41, 5.74) is 0. The van der Waals surface area contributed by atoms with E-state index in [0.29, 0.717) is 12.6 Å². The molecule has 0 radical (unpaired) electrons. The predicted molar refractivity (Wildman–Crippen MR) is 37.3 cm³/mol. The van der Waals surface area contributed by atoms with E-state index in [1.807, 2.05) is 0 Å². The molecule has 0 aromatic rings. The van der Waals surface area contributed by atoms with Crippen molar-refractivity contribution in [2.75, 3.05) is 13.2 Å². The van der Waals surface area contributed by atoms with E-state index >= 15 is 0 Å². The Hall–Kier alpha value is -0.0800. The Morgan fingerprint density at radius 1 is 1.67 bits per heavy atom. The number of nitrogens with one attached hydrogen (secondary N) is 1. The van der Waals surface area contributed by atoms with Crippen molar-refractivity contribution < 1.29 is 5.11 Å². The van der Waals surface area contributed by atoms with Crippen LogP contribution in [0.1, 0.15) is 19.8 Å². The molecule has 0 aromatic carbocycles. The molecule has 2 atom stereocenters. The van der Waals surface area contributed by atoms with E-state index < -0.39 is 0 Å². The molecule has 0 saturated carbocycles. The maximum Gasteiger partial charge on any atom is 0.0434 e. The fraction of sp³-hybridized carbons (Fsp3) is 1.00. The third-order valence-corrected chi connectivity index (χ3v) is 1.98. The van der Waals surface area contributed by atoms with Gasteiger partial charge in [0, 0.05) is 12.6 Å². The average molecular weight is 129 g/mol. The summed E-state index contributed by atoms with van der Waals surface area (Å²) in [5, 5.41) is 11.9. The number of hydrogen-bond acceptors (Lipinski definition) is 2. The van der Waals surface area contributed by atoms with Gasteiger partial charge in [0.1, 0.15) is 0 Å². The smallest absolute Gasteiger partial charge is 0.0434 e. The van der Waals surface area contributed by atoms with Crippen LogP contribution in [0.3, 0.4) is 0 Å². The van der Waals surface area contributed by atoms with Crippen LogP contribution in [0.2, 0.25) is 0 Å². The lowest BCUT2D eigenvalue weighted by molar-refractivity contribution is 0.261. The van der Waals surface area contributed by atoms with E-state index in [0.717, 1.165) is 18.9 Å². The second-order valence-corrected chi connectivity index (χ2v) is 2.92. The molecule has 1 heterocycles. The van der Waals surface area contributed by atoms with Gasteiger partial charge in [0.25, 0.3) is 0 Å². The van der Waals surface area contributed by atoms with Crippen LogP contribution in [-0.4, -0.2) is 24.3 Å². The molecular formula is C7H15NO. The van der Waals surface area contributed by atoms with Crippen molar-refractivity contribution in [2.45, 2.75) is 25.8 Å². The maximum absolute atomic E-state index is 8.59. The highest BCUT2D eigenvalue weighted by Gasteiger charge is 2.19. The summed E-state index contributed by atoms with van der Waals surface area (Å²) in [7, 11) is 0. The van der Waals surface area contributed by atoms with Gasteiger partial charge < -0.3 is 10.4 Å². The summed E-state index contributed by atoms with van der Waals surface area (Å²) >= 11 is 0. The first-order valence-corrected chi connectivity index (χ1v) is 3.67. The summed E-state index contributed by atoms with van der Waals surface area (Å²) in [4.78, 5) is 0. The van der Waals surface area contributed by atoms with Crippen LogP contribution in [0.5, 0.6) is 0 Å². The molecule has 1 saturated heterocycles. The standard InChI is InChI=1S/C7H15NO/c1-6-4-7(2-3-9)5-8-6/h6-9H,2-5H2,1H3/t6-,7+/m1/s1. The van der Waals surface area contributed by atoms with Gasteiger partial charge in [0.15, 0.2) is 0 Å². The highest BCUT2D eigenvalue weighted by Crippen LogP contribution is 2.15. The summed E-state index contributed by atoms with van der Waals surface area (Å²) in [5.74, 6) is 0.727. The summed E-state index contributed by atoms with van der Waals surface area (Å²) < 4.78 is 0. The van der Waals surface area contributed by atoms with Crippen LogP contribution in [0.15, 0.2) is 0 Å². The van der Waals surface area contributed by atoms with E-state index in [4.69, 9.17) is 5.11 Å². The van der Waals surface area contributed by atoms with Crippen LogP contribution in [0.4, 0.5) is 0 Å².